The topological polar surface area (TPSA) is 79.8 Å². The zero-order chi connectivity index (χ0) is 9.68. The molecule has 0 saturated heterocycles. The summed E-state index contributed by atoms with van der Waals surface area (Å²) in [4.78, 5) is 15.1. The van der Waals surface area contributed by atoms with E-state index in [1.807, 2.05) is 0 Å². The molecule has 6 nitrogen and oxygen atoms in total. The number of nitrogens with zero attached hydrogens (tertiary/aromatic N) is 3. The summed E-state index contributed by atoms with van der Waals surface area (Å²) >= 11 is 0. The molecule has 1 amide bonds. The summed E-state index contributed by atoms with van der Waals surface area (Å²) in [5.74, 6) is 0.0325. The highest BCUT2D eigenvalue weighted by Gasteiger charge is 2.10. The van der Waals surface area contributed by atoms with Crippen LogP contribution in [-0.4, -0.2) is 34.2 Å². The van der Waals surface area contributed by atoms with Crippen molar-refractivity contribution in [1.82, 2.24) is 20.5 Å². The molecule has 0 aromatic carbocycles. The number of hydrogen-bond acceptors (Lipinski definition) is 5. The van der Waals surface area contributed by atoms with Crippen LogP contribution in [0, 0.1) is 0 Å². The van der Waals surface area contributed by atoms with Crippen LogP contribution in [0.2, 0.25) is 0 Å². The van der Waals surface area contributed by atoms with E-state index in [1.54, 1.807) is 14.0 Å². The van der Waals surface area contributed by atoms with Gasteiger partial charge in [0.2, 0.25) is 11.9 Å². The van der Waals surface area contributed by atoms with Crippen molar-refractivity contribution in [3.05, 3.63) is 12.4 Å². The molecule has 1 atom stereocenters. The third-order valence-electron chi connectivity index (χ3n) is 1.54. The lowest BCUT2D eigenvalue weighted by Gasteiger charge is -2.08. The van der Waals surface area contributed by atoms with Crippen molar-refractivity contribution in [2.45, 2.75) is 13.0 Å². The first-order valence-electron chi connectivity index (χ1n) is 3.86. The molecule has 1 heterocycles. The standard InChI is InChI=1S/C7H11N5O/c1-5(8-2)6(13)11-7-9-3-4-10-12-7/h3-5,8H,1-2H3,(H,9,11,12,13)/t5-/m0/s1. The Labute approximate surface area is 75.8 Å². The average molecular weight is 181 g/mol. The Bertz CT molecular complexity index is 275. The van der Waals surface area contributed by atoms with Crippen LogP contribution < -0.4 is 10.6 Å². The summed E-state index contributed by atoms with van der Waals surface area (Å²) < 4.78 is 0. The van der Waals surface area contributed by atoms with E-state index in [0.717, 1.165) is 0 Å². The van der Waals surface area contributed by atoms with Crippen LogP contribution >= 0.6 is 0 Å². The van der Waals surface area contributed by atoms with Crippen molar-refractivity contribution in [2.24, 2.45) is 0 Å². The molecule has 0 bridgehead atoms. The molecule has 0 aliphatic rings. The van der Waals surface area contributed by atoms with Gasteiger partial charge < -0.3 is 5.32 Å². The summed E-state index contributed by atoms with van der Waals surface area (Å²) in [5, 5.41) is 12.5. The molecule has 0 unspecified atom stereocenters. The molecule has 0 aliphatic carbocycles. The molecular weight excluding hydrogens is 170 g/mol. The van der Waals surface area contributed by atoms with E-state index >= 15 is 0 Å². The largest absolute Gasteiger partial charge is 0.309 e. The first-order chi connectivity index (χ1) is 6.24. The van der Waals surface area contributed by atoms with Crippen molar-refractivity contribution < 1.29 is 4.79 Å². The van der Waals surface area contributed by atoms with E-state index in [1.165, 1.54) is 12.4 Å². The van der Waals surface area contributed by atoms with Gasteiger partial charge >= 0.3 is 0 Å². The number of hydrogen-bond donors (Lipinski definition) is 2. The molecule has 0 radical (unpaired) electrons. The summed E-state index contributed by atoms with van der Waals surface area (Å²) in [5.41, 5.74) is 0. The lowest BCUT2D eigenvalue weighted by atomic mass is 10.3. The van der Waals surface area contributed by atoms with Gasteiger partial charge in [-0.05, 0) is 14.0 Å². The zero-order valence-electron chi connectivity index (χ0n) is 7.48. The van der Waals surface area contributed by atoms with Crippen molar-refractivity contribution in [1.29, 1.82) is 0 Å². The second-order valence-corrected chi connectivity index (χ2v) is 2.47. The van der Waals surface area contributed by atoms with Crippen LogP contribution in [0.4, 0.5) is 5.95 Å². The second-order valence-electron chi connectivity index (χ2n) is 2.47. The molecule has 0 fully saturated rings. The molecule has 2 N–H and O–H groups in total. The summed E-state index contributed by atoms with van der Waals surface area (Å²) in [6.07, 6.45) is 2.91. The highest BCUT2D eigenvalue weighted by molar-refractivity contribution is 5.92. The first kappa shape index (κ1) is 9.53. The van der Waals surface area contributed by atoms with E-state index in [0.29, 0.717) is 0 Å². The van der Waals surface area contributed by atoms with Crippen LogP contribution in [0.1, 0.15) is 6.92 Å². The minimum absolute atomic E-state index is 0.185. The molecule has 0 spiro atoms. The van der Waals surface area contributed by atoms with Gasteiger partial charge in [-0.15, -0.1) is 5.10 Å². The van der Waals surface area contributed by atoms with Crippen molar-refractivity contribution in [3.8, 4) is 0 Å². The van der Waals surface area contributed by atoms with Crippen molar-refractivity contribution in [3.63, 3.8) is 0 Å². The SMILES string of the molecule is CN[C@@H](C)C(=O)Nc1nccnn1. The molecule has 1 rings (SSSR count). The fraction of sp³-hybridized carbons (Fsp3) is 0.429. The van der Waals surface area contributed by atoms with Gasteiger partial charge in [-0.25, -0.2) is 4.98 Å². The lowest BCUT2D eigenvalue weighted by molar-refractivity contribution is -0.117. The maximum Gasteiger partial charge on any atom is 0.249 e. The number of aromatic nitrogens is 3. The minimum Gasteiger partial charge on any atom is -0.309 e. The quantitative estimate of drug-likeness (QED) is 0.652. The second kappa shape index (κ2) is 4.46. The summed E-state index contributed by atoms with van der Waals surface area (Å²) in [6, 6.07) is -0.274. The van der Waals surface area contributed by atoms with E-state index in [2.05, 4.69) is 25.8 Å². The first-order valence-corrected chi connectivity index (χ1v) is 3.86. The van der Waals surface area contributed by atoms with Gasteiger partial charge in [0.1, 0.15) is 0 Å². The van der Waals surface area contributed by atoms with Crippen LogP contribution in [0.3, 0.4) is 0 Å². The minimum atomic E-state index is -0.274. The number of nitrogens with one attached hydrogen (secondary N) is 2. The van der Waals surface area contributed by atoms with Gasteiger partial charge in [0.15, 0.2) is 0 Å². The fourth-order valence-electron chi connectivity index (χ4n) is 0.654. The molecule has 6 heteroatoms. The van der Waals surface area contributed by atoms with Crippen LogP contribution in [0.5, 0.6) is 0 Å². The highest BCUT2D eigenvalue weighted by atomic mass is 16.2. The van der Waals surface area contributed by atoms with Gasteiger partial charge in [0, 0.05) is 0 Å². The summed E-state index contributed by atoms with van der Waals surface area (Å²) in [7, 11) is 1.70. The Morgan fingerprint density at radius 2 is 2.31 bits per heavy atom. The van der Waals surface area contributed by atoms with E-state index in [4.69, 9.17) is 0 Å². The Balaban J connectivity index is 2.55. The molecule has 1 aromatic heterocycles. The average Bonchev–Trinajstić information content (AvgIpc) is 2.18. The molecule has 13 heavy (non-hydrogen) atoms. The van der Waals surface area contributed by atoms with Crippen molar-refractivity contribution >= 4 is 11.9 Å². The Morgan fingerprint density at radius 3 is 2.85 bits per heavy atom. The summed E-state index contributed by atoms with van der Waals surface area (Å²) in [6.45, 7) is 1.74. The van der Waals surface area contributed by atoms with Crippen molar-refractivity contribution in [2.75, 3.05) is 12.4 Å². The van der Waals surface area contributed by atoms with Gasteiger partial charge in [-0.1, -0.05) is 0 Å². The Kier molecular flexibility index (Phi) is 3.27. The third kappa shape index (κ3) is 2.75. The van der Waals surface area contributed by atoms with Crippen LogP contribution in [0.25, 0.3) is 0 Å². The smallest absolute Gasteiger partial charge is 0.249 e. The lowest BCUT2D eigenvalue weighted by Crippen LogP contribution is -2.36. The monoisotopic (exact) mass is 181 g/mol. The fourth-order valence-corrected chi connectivity index (χ4v) is 0.654. The van der Waals surface area contributed by atoms with Crippen LogP contribution in [0.15, 0.2) is 12.4 Å². The molecular formula is C7H11N5O. The number of anilines is 1. The number of carbonyl (C=O) groups excluding carboxylic acids is 1. The normalized spacial score (nSPS) is 12.2. The maximum absolute atomic E-state index is 11.3. The van der Waals surface area contributed by atoms with E-state index in [-0.39, 0.29) is 17.9 Å². The number of carbonyl (C=O) groups is 1. The molecule has 1 aromatic rings. The van der Waals surface area contributed by atoms with Gasteiger partial charge in [-0.3, -0.25) is 10.1 Å². The van der Waals surface area contributed by atoms with Gasteiger partial charge in [-0.2, -0.15) is 5.10 Å². The predicted octanol–water partition coefficient (Wildman–Crippen LogP) is -0.582. The highest BCUT2D eigenvalue weighted by Crippen LogP contribution is 1.93. The number of likely N-dealkylation sites (N-methyl/N-ethyl adjacent to an activating group) is 1. The molecule has 70 valence electrons. The Morgan fingerprint density at radius 1 is 1.54 bits per heavy atom. The number of amides is 1. The molecule has 0 aliphatic heterocycles. The van der Waals surface area contributed by atoms with Gasteiger partial charge in [0.05, 0.1) is 18.4 Å². The number of rotatable bonds is 3. The van der Waals surface area contributed by atoms with Crippen LogP contribution in [-0.2, 0) is 4.79 Å². The van der Waals surface area contributed by atoms with E-state index in [9.17, 15) is 4.79 Å². The maximum atomic E-state index is 11.3. The third-order valence-corrected chi connectivity index (χ3v) is 1.54. The van der Waals surface area contributed by atoms with E-state index < -0.39 is 0 Å². The molecule has 0 saturated carbocycles. The Hall–Kier alpha value is -1.56. The zero-order valence-corrected chi connectivity index (χ0v) is 7.48. The van der Waals surface area contributed by atoms with Gasteiger partial charge in [0.25, 0.3) is 0 Å². The predicted molar refractivity (Wildman–Crippen MR) is 47.0 cm³/mol.